The van der Waals surface area contributed by atoms with E-state index in [0.29, 0.717) is 6.42 Å². The monoisotopic (exact) mass is 532 g/mol. The van der Waals surface area contributed by atoms with Crippen LogP contribution < -0.4 is 0 Å². The van der Waals surface area contributed by atoms with E-state index in [1.807, 2.05) is 19.9 Å². The fraction of sp³-hybridized carbons (Fsp3) is 0.786. The molecule has 6 aliphatic rings. The molecule has 2 saturated heterocycles. The van der Waals surface area contributed by atoms with Gasteiger partial charge in [0.1, 0.15) is 17.8 Å². The van der Waals surface area contributed by atoms with Crippen molar-refractivity contribution in [3.8, 4) is 0 Å². The summed E-state index contributed by atoms with van der Waals surface area (Å²) in [5, 5.41) is 46.8. The molecule has 2 bridgehead atoms. The molecule has 0 radical (unpaired) electrons. The normalized spacial score (nSPS) is 58.3. The molecule has 0 unspecified atom stereocenters. The molecule has 1 aromatic heterocycles. The summed E-state index contributed by atoms with van der Waals surface area (Å²) in [5.41, 5.74) is -4.74. The highest BCUT2D eigenvalue weighted by Crippen LogP contribution is 2.82. The zero-order chi connectivity index (χ0) is 27.2. The Morgan fingerprint density at radius 1 is 1.05 bits per heavy atom. The first-order valence-electron chi connectivity index (χ1n) is 13.6. The molecule has 7 rings (SSSR count). The highest BCUT2D eigenvalue weighted by molar-refractivity contribution is 5.91. The maximum Gasteiger partial charge on any atom is 0.302 e. The van der Waals surface area contributed by atoms with Crippen LogP contribution in [0.3, 0.4) is 0 Å². The predicted octanol–water partition coefficient (Wildman–Crippen LogP) is 0.895. The number of aliphatic hydroxyl groups excluding tert-OH is 4. The van der Waals surface area contributed by atoms with E-state index in [1.54, 1.807) is 19.5 Å². The molecule has 10 heteroatoms. The molecule has 14 atom stereocenters. The van der Waals surface area contributed by atoms with Gasteiger partial charge in [-0.15, -0.1) is 0 Å². The Kier molecular flexibility index (Phi) is 4.82. The van der Waals surface area contributed by atoms with Crippen LogP contribution in [-0.4, -0.2) is 81.2 Å². The van der Waals surface area contributed by atoms with Gasteiger partial charge < -0.3 is 39.1 Å². The lowest BCUT2D eigenvalue weighted by molar-refractivity contribution is -0.373. The smallest absolute Gasteiger partial charge is 0.302 e. The number of furan rings is 1. The summed E-state index contributed by atoms with van der Waals surface area (Å²) in [5.74, 6) is -2.88. The van der Waals surface area contributed by atoms with Gasteiger partial charge in [-0.3, -0.25) is 9.59 Å². The van der Waals surface area contributed by atoms with Crippen molar-refractivity contribution in [1.82, 2.24) is 0 Å². The zero-order valence-corrected chi connectivity index (χ0v) is 22.0. The number of hydrogen-bond donors (Lipinski definition) is 4. The summed E-state index contributed by atoms with van der Waals surface area (Å²) in [6.07, 6.45) is -2.21. The molecule has 38 heavy (non-hydrogen) atoms. The van der Waals surface area contributed by atoms with Crippen LogP contribution in [-0.2, 0) is 23.8 Å². The lowest BCUT2D eigenvalue weighted by Crippen LogP contribution is -2.82. The third-order valence-electron chi connectivity index (χ3n) is 12.3. The van der Waals surface area contributed by atoms with Crippen molar-refractivity contribution in [3.63, 3.8) is 0 Å². The fourth-order valence-corrected chi connectivity index (χ4v) is 10.7. The standard InChI is InChI=1S/C28H36O10/c1-12(29)37-18-9-17(31)27-11-36-23(34)24(18,2)15(27)8-16(30)26(4)21(27)20(32)22(33)25(3)14(13-5-6-35-10-13)7-19-28(25,26)38-19/h5-6,10,14-19,21-23,30-31,33-34H,7-9,11H2,1-4H3/t14-,15-,16+,17-,18+,19+,21-,22-,23+,24-,25+,26+,27+,28+/m0/s1. The number of esters is 1. The van der Waals surface area contributed by atoms with E-state index in [4.69, 9.17) is 18.6 Å². The van der Waals surface area contributed by atoms with Gasteiger partial charge in [-0.05, 0) is 30.4 Å². The average molecular weight is 533 g/mol. The first kappa shape index (κ1) is 25.2. The molecule has 3 heterocycles. The van der Waals surface area contributed by atoms with Crippen molar-refractivity contribution in [2.45, 2.75) is 95.3 Å². The van der Waals surface area contributed by atoms with Gasteiger partial charge in [0.25, 0.3) is 0 Å². The van der Waals surface area contributed by atoms with E-state index in [-0.39, 0.29) is 31.5 Å². The van der Waals surface area contributed by atoms with E-state index < -0.39 is 81.6 Å². The van der Waals surface area contributed by atoms with Crippen molar-refractivity contribution in [2.24, 2.45) is 33.5 Å². The number of hydrogen-bond acceptors (Lipinski definition) is 10. The Labute approximate surface area is 220 Å². The number of ketones is 1. The van der Waals surface area contributed by atoms with Crippen LogP contribution in [0.2, 0.25) is 0 Å². The number of Topliss-reactive ketones (excluding diaryl/α,β-unsaturated/α-hetero) is 1. The third-order valence-corrected chi connectivity index (χ3v) is 12.3. The van der Waals surface area contributed by atoms with E-state index in [1.165, 1.54) is 6.92 Å². The van der Waals surface area contributed by atoms with E-state index in [9.17, 15) is 30.0 Å². The summed E-state index contributed by atoms with van der Waals surface area (Å²) >= 11 is 0. The Morgan fingerprint density at radius 2 is 1.79 bits per heavy atom. The number of rotatable bonds is 2. The van der Waals surface area contributed by atoms with Crippen LogP contribution in [0.1, 0.15) is 58.4 Å². The second kappa shape index (κ2) is 7.27. The Balaban J connectivity index is 1.41. The molecule has 10 nitrogen and oxygen atoms in total. The van der Waals surface area contributed by atoms with Crippen LogP contribution in [0.15, 0.2) is 23.0 Å². The van der Waals surface area contributed by atoms with Crippen molar-refractivity contribution in [3.05, 3.63) is 24.2 Å². The molecule has 208 valence electrons. The summed E-state index contributed by atoms with van der Waals surface area (Å²) in [7, 11) is 0. The topological polar surface area (TPSA) is 159 Å². The van der Waals surface area contributed by atoms with Gasteiger partial charge in [0.05, 0.1) is 42.9 Å². The minimum Gasteiger partial charge on any atom is -0.472 e. The van der Waals surface area contributed by atoms with Crippen molar-refractivity contribution in [1.29, 1.82) is 0 Å². The number of fused-ring (bicyclic) bond motifs is 1. The highest BCUT2D eigenvalue weighted by Gasteiger charge is 2.92. The van der Waals surface area contributed by atoms with Crippen LogP contribution in [0.25, 0.3) is 0 Å². The number of carbonyl (C=O) groups excluding carboxylic acids is 2. The van der Waals surface area contributed by atoms with Gasteiger partial charge in [0, 0.05) is 41.4 Å². The number of aliphatic hydroxyl groups is 4. The summed E-state index contributed by atoms with van der Waals surface area (Å²) in [6.45, 7) is 6.61. The molecule has 1 aromatic rings. The van der Waals surface area contributed by atoms with Gasteiger partial charge >= 0.3 is 5.97 Å². The van der Waals surface area contributed by atoms with E-state index in [0.717, 1.165) is 5.56 Å². The first-order valence-corrected chi connectivity index (χ1v) is 13.6. The molecule has 4 saturated carbocycles. The minimum atomic E-state index is -1.43. The minimum absolute atomic E-state index is 0.00521. The fourth-order valence-electron chi connectivity index (χ4n) is 10.7. The summed E-state index contributed by atoms with van der Waals surface area (Å²) in [6, 6.07) is 1.84. The first-order chi connectivity index (χ1) is 17.8. The SMILES string of the molecule is CC(=O)O[C@@H]1C[C@H](O)[C@@]23CO[C@@H](O)[C@@]1(C)[C@@H]2C[C@@H](O)[C@]1(C)[C@@H]3C(=O)[C@H](O)[C@@]2(C)[C@H](c3ccoc3)C[C@H]3O[C@]321. The van der Waals surface area contributed by atoms with Gasteiger partial charge in [-0.2, -0.15) is 0 Å². The Bertz CT molecular complexity index is 1200. The summed E-state index contributed by atoms with van der Waals surface area (Å²) in [4.78, 5) is 26.5. The van der Waals surface area contributed by atoms with E-state index in [2.05, 4.69) is 0 Å². The maximum absolute atomic E-state index is 14.5. The lowest BCUT2D eigenvalue weighted by Gasteiger charge is -2.72. The summed E-state index contributed by atoms with van der Waals surface area (Å²) < 4.78 is 23.3. The molecule has 4 N–H and O–H groups in total. The molecule has 0 amide bonds. The van der Waals surface area contributed by atoms with Crippen LogP contribution in [0.5, 0.6) is 0 Å². The Hall–Kier alpha value is -1.82. The molecule has 6 fully saturated rings. The van der Waals surface area contributed by atoms with Crippen LogP contribution in [0, 0.1) is 33.5 Å². The zero-order valence-electron chi connectivity index (χ0n) is 22.0. The van der Waals surface area contributed by atoms with Crippen LogP contribution in [0.4, 0.5) is 0 Å². The molecule has 2 aliphatic heterocycles. The second-order valence-electron chi connectivity index (χ2n) is 13.3. The Morgan fingerprint density at radius 3 is 2.45 bits per heavy atom. The van der Waals surface area contributed by atoms with Gasteiger partial charge in [-0.1, -0.05) is 20.8 Å². The van der Waals surface area contributed by atoms with Crippen molar-refractivity contribution < 1.29 is 48.6 Å². The molecular weight excluding hydrogens is 496 g/mol. The number of carbonyl (C=O) groups is 2. The third kappa shape index (κ3) is 2.36. The molecule has 0 aromatic carbocycles. The maximum atomic E-state index is 14.5. The van der Waals surface area contributed by atoms with Crippen LogP contribution >= 0.6 is 0 Å². The van der Waals surface area contributed by atoms with E-state index >= 15 is 0 Å². The molecular formula is C28H36O10. The van der Waals surface area contributed by atoms with Gasteiger partial charge in [0.15, 0.2) is 12.1 Å². The number of ether oxygens (including phenoxy) is 3. The van der Waals surface area contributed by atoms with Gasteiger partial charge in [0.2, 0.25) is 0 Å². The van der Waals surface area contributed by atoms with Crippen molar-refractivity contribution >= 4 is 11.8 Å². The average Bonchev–Trinajstić information content (AvgIpc) is 3.22. The predicted molar refractivity (Wildman–Crippen MR) is 127 cm³/mol. The lowest BCUT2D eigenvalue weighted by atomic mass is 9.33. The van der Waals surface area contributed by atoms with Crippen molar-refractivity contribution in [2.75, 3.05) is 6.61 Å². The van der Waals surface area contributed by atoms with Gasteiger partial charge in [-0.25, -0.2) is 0 Å². The molecule has 4 aliphatic carbocycles. The second-order valence-corrected chi connectivity index (χ2v) is 13.3. The largest absolute Gasteiger partial charge is 0.472 e. The number of epoxide rings is 1. The highest BCUT2D eigenvalue weighted by atomic mass is 16.6. The quantitative estimate of drug-likeness (QED) is 0.318. The molecule has 1 spiro atoms.